The molecule has 1 aromatic rings. The van der Waals surface area contributed by atoms with E-state index in [1.165, 1.54) is 6.07 Å². The zero-order valence-corrected chi connectivity index (χ0v) is 8.53. The van der Waals surface area contributed by atoms with Crippen molar-refractivity contribution in [3.63, 3.8) is 0 Å². The Bertz CT molecular complexity index is 309. The number of carbonyl (C=O) groups is 1. The maximum atomic E-state index is 10.5. The van der Waals surface area contributed by atoms with Gasteiger partial charge in [0.05, 0.1) is 16.2 Å². The summed E-state index contributed by atoms with van der Waals surface area (Å²) in [5, 5.41) is 8.63. The molecule has 0 saturated heterocycles. The van der Waals surface area contributed by atoms with Gasteiger partial charge in [0.2, 0.25) is 0 Å². The summed E-state index contributed by atoms with van der Waals surface area (Å²) in [5.74, 6) is -0.226. The Labute approximate surface area is 83.5 Å². The van der Waals surface area contributed by atoms with Gasteiger partial charge < -0.3 is 9.84 Å². The summed E-state index contributed by atoms with van der Waals surface area (Å²) in [6.45, 7) is 0. The molecule has 0 unspecified atom stereocenters. The fourth-order valence-corrected chi connectivity index (χ4v) is 1.53. The van der Waals surface area contributed by atoms with Gasteiger partial charge in [-0.1, -0.05) is 0 Å². The fourth-order valence-electron chi connectivity index (χ4n) is 0.799. The Morgan fingerprint density at radius 2 is 2.25 bits per heavy atom. The van der Waals surface area contributed by atoms with Crippen molar-refractivity contribution in [2.75, 3.05) is 7.11 Å². The van der Waals surface area contributed by atoms with Gasteiger partial charge in [-0.25, -0.2) is 4.79 Å². The SMILES string of the molecule is COc1ccc(C(=O)O)cc1I. The molecule has 3 nitrogen and oxygen atoms in total. The first-order chi connectivity index (χ1) is 5.65. The third kappa shape index (κ3) is 1.88. The van der Waals surface area contributed by atoms with E-state index in [1.54, 1.807) is 19.2 Å². The minimum absolute atomic E-state index is 0.278. The molecule has 0 heterocycles. The van der Waals surface area contributed by atoms with Crippen LogP contribution in [0.1, 0.15) is 10.4 Å². The van der Waals surface area contributed by atoms with Crippen LogP contribution in [-0.4, -0.2) is 18.2 Å². The van der Waals surface area contributed by atoms with Gasteiger partial charge in [0.25, 0.3) is 0 Å². The molecule has 1 N–H and O–H groups in total. The van der Waals surface area contributed by atoms with Crippen LogP contribution >= 0.6 is 22.6 Å². The lowest BCUT2D eigenvalue weighted by molar-refractivity contribution is 0.0697. The molecule has 64 valence electrons. The lowest BCUT2D eigenvalue weighted by Gasteiger charge is -2.02. The van der Waals surface area contributed by atoms with Crippen LogP contribution in [0.2, 0.25) is 0 Å². The predicted octanol–water partition coefficient (Wildman–Crippen LogP) is 2.00. The molecule has 0 radical (unpaired) electrons. The van der Waals surface area contributed by atoms with Crippen LogP contribution in [0.3, 0.4) is 0 Å². The van der Waals surface area contributed by atoms with Crippen LogP contribution in [0.4, 0.5) is 0 Å². The van der Waals surface area contributed by atoms with Gasteiger partial charge in [-0.3, -0.25) is 0 Å². The molecule has 0 aliphatic carbocycles. The Morgan fingerprint density at radius 3 is 2.67 bits per heavy atom. The average molecular weight is 278 g/mol. The Kier molecular flexibility index (Phi) is 2.91. The summed E-state index contributed by atoms with van der Waals surface area (Å²) in [6.07, 6.45) is 0. The topological polar surface area (TPSA) is 46.5 Å². The highest BCUT2D eigenvalue weighted by molar-refractivity contribution is 14.1. The van der Waals surface area contributed by atoms with Gasteiger partial charge in [0, 0.05) is 0 Å². The summed E-state index contributed by atoms with van der Waals surface area (Å²) in [6, 6.07) is 4.73. The number of rotatable bonds is 2. The molecule has 0 aromatic heterocycles. The van der Waals surface area contributed by atoms with Gasteiger partial charge >= 0.3 is 5.97 Å². The van der Waals surface area contributed by atoms with E-state index in [0.29, 0.717) is 5.75 Å². The molecule has 0 saturated carbocycles. The van der Waals surface area contributed by atoms with Crippen LogP contribution in [0.5, 0.6) is 5.75 Å². The van der Waals surface area contributed by atoms with Gasteiger partial charge in [0.1, 0.15) is 5.75 Å². The zero-order valence-electron chi connectivity index (χ0n) is 6.37. The maximum absolute atomic E-state index is 10.5. The number of methoxy groups -OCH3 is 1. The number of carboxylic acids is 1. The highest BCUT2D eigenvalue weighted by atomic mass is 127. The third-order valence-corrected chi connectivity index (χ3v) is 2.24. The predicted molar refractivity (Wildman–Crippen MR) is 52.7 cm³/mol. The minimum Gasteiger partial charge on any atom is -0.496 e. The number of benzene rings is 1. The molecule has 0 amide bonds. The third-order valence-electron chi connectivity index (χ3n) is 1.40. The van der Waals surface area contributed by atoms with Gasteiger partial charge in [-0.15, -0.1) is 0 Å². The molecule has 1 rings (SSSR count). The van der Waals surface area contributed by atoms with Crippen molar-refractivity contribution < 1.29 is 14.6 Å². The molecular weight excluding hydrogens is 271 g/mol. The number of ether oxygens (including phenoxy) is 1. The van der Waals surface area contributed by atoms with E-state index in [0.717, 1.165) is 3.57 Å². The maximum Gasteiger partial charge on any atom is 0.335 e. The number of halogens is 1. The summed E-state index contributed by atoms with van der Waals surface area (Å²) in [4.78, 5) is 10.5. The van der Waals surface area contributed by atoms with Crippen molar-refractivity contribution in [2.45, 2.75) is 0 Å². The van der Waals surface area contributed by atoms with E-state index in [-0.39, 0.29) is 5.56 Å². The first-order valence-electron chi connectivity index (χ1n) is 3.22. The number of carboxylic acid groups (broad SMARTS) is 1. The van der Waals surface area contributed by atoms with E-state index < -0.39 is 5.97 Å². The average Bonchev–Trinajstić information content (AvgIpc) is 2.04. The van der Waals surface area contributed by atoms with Crippen LogP contribution in [0, 0.1) is 3.57 Å². The van der Waals surface area contributed by atoms with Crippen LogP contribution < -0.4 is 4.74 Å². The molecule has 0 spiro atoms. The highest BCUT2D eigenvalue weighted by Gasteiger charge is 2.05. The van der Waals surface area contributed by atoms with Crippen molar-refractivity contribution in [2.24, 2.45) is 0 Å². The first kappa shape index (κ1) is 9.31. The largest absolute Gasteiger partial charge is 0.496 e. The van der Waals surface area contributed by atoms with E-state index in [4.69, 9.17) is 9.84 Å². The quantitative estimate of drug-likeness (QED) is 0.841. The fraction of sp³-hybridized carbons (Fsp3) is 0.125. The van der Waals surface area contributed by atoms with Gasteiger partial charge in [0.15, 0.2) is 0 Å². The molecule has 0 aliphatic rings. The van der Waals surface area contributed by atoms with Crippen LogP contribution in [0.25, 0.3) is 0 Å². The smallest absolute Gasteiger partial charge is 0.335 e. The van der Waals surface area contributed by atoms with Crippen molar-refractivity contribution in [3.05, 3.63) is 27.3 Å². The minimum atomic E-state index is -0.921. The molecule has 4 heteroatoms. The number of aromatic carboxylic acids is 1. The molecule has 1 aromatic carbocycles. The molecule has 0 aliphatic heterocycles. The summed E-state index contributed by atoms with van der Waals surface area (Å²) in [7, 11) is 1.55. The second-order valence-electron chi connectivity index (χ2n) is 2.15. The second kappa shape index (κ2) is 3.75. The Balaban J connectivity index is 3.10. The molecule has 0 atom stereocenters. The molecular formula is C8H7IO3. The normalized spacial score (nSPS) is 9.50. The van der Waals surface area contributed by atoms with Crippen molar-refractivity contribution in [1.82, 2.24) is 0 Å². The van der Waals surface area contributed by atoms with E-state index in [2.05, 4.69) is 0 Å². The lowest BCUT2D eigenvalue weighted by Crippen LogP contribution is -1.97. The Morgan fingerprint density at radius 1 is 1.58 bits per heavy atom. The Hall–Kier alpha value is -0.780. The lowest BCUT2D eigenvalue weighted by atomic mass is 10.2. The van der Waals surface area contributed by atoms with E-state index >= 15 is 0 Å². The van der Waals surface area contributed by atoms with Crippen molar-refractivity contribution in [1.29, 1.82) is 0 Å². The zero-order chi connectivity index (χ0) is 9.14. The number of hydrogen-bond acceptors (Lipinski definition) is 2. The number of hydrogen-bond donors (Lipinski definition) is 1. The monoisotopic (exact) mass is 278 g/mol. The standard InChI is InChI=1S/C8H7IO3/c1-12-7-3-2-5(8(10)11)4-6(7)9/h2-4H,1H3,(H,10,11). The molecule has 12 heavy (non-hydrogen) atoms. The first-order valence-corrected chi connectivity index (χ1v) is 4.30. The van der Waals surface area contributed by atoms with Crippen molar-refractivity contribution >= 4 is 28.6 Å². The van der Waals surface area contributed by atoms with Crippen LogP contribution in [0.15, 0.2) is 18.2 Å². The van der Waals surface area contributed by atoms with E-state index in [1.807, 2.05) is 22.6 Å². The summed E-state index contributed by atoms with van der Waals surface area (Å²) >= 11 is 2.03. The molecule has 0 fully saturated rings. The van der Waals surface area contributed by atoms with E-state index in [9.17, 15) is 4.79 Å². The summed E-state index contributed by atoms with van der Waals surface area (Å²) < 4.78 is 5.78. The van der Waals surface area contributed by atoms with Crippen LogP contribution in [-0.2, 0) is 0 Å². The highest BCUT2D eigenvalue weighted by Crippen LogP contribution is 2.21. The molecule has 0 bridgehead atoms. The summed E-state index contributed by atoms with van der Waals surface area (Å²) in [5.41, 5.74) is 0.278. The van der Waals surface area contributed by atoms with Gasteiger partial charge in [-0.05, 0) is 40.8 Å². The van der Waals surface area contributed by atoms with Crippen molar-refractivity contribution in [3.8, 4) is 5.75 Å². The van der Waals surface area contributed by atoms with Gasteiger partial charge in [-0.2, -0.15) is 0 Å². The second-order valence-corrected chi connectivity index (χ2v) is 3.32.